The van der Waals surface area contributed by atoms with Crippen molar-refractivity contribution in [2.24, 2.45) is 0 Å². The van der Waals surface area contributed by atoms with Gasteiger partial charge in [0.25, 0.3) is 11.6 Å². The summed E-state index contributed by atoms with van der Waals surface area (Å²) in [4.78, 5) is 42.0. The van der Waals surface area contributed by atoms with E-state index in [1.165, 1.54) is 29.2 Å². The number of nitro groups is 1. The van der Waals surface area contributed by atoms with Crippen LogP contribution in [-0.4, -0.2) is 73.6 Å². The smallest absolute Gasteiger partial charge is 0.270 e. The monoisotopic (exact) mass is 569 g/mol. The van der Waals surface area contributed by atoms with Crippen molar-refractivity contribution in [2.45, 2.75) is 26.3 Å². The summed E-state index contributed by atoms with van der Waals surface area (Å²) in [7, 11) is 3.15. The van der Waals surface area contributed by atoms with Crippen molar-refractivity contribution in [3.63, 3.8) is 0 Å². The minimum absolute atomic E-state index is 0.161. The van der Waals surface area contributed by atoms with Gasteiger partial charge in [-0.2, -0.15) is 0 Å². The molecule has 0 radical (unpaired) electrons. The fourth-order valence-electron chi connectivity index (χ4n) is 4.14. The molecule has 0 aliphatic carbocycles. The highest BCUT2D eigenvalue weighted by atomic mass is 32.1. The van der Waals surface area contributed by atoms with Crippen LogP contribution in [0.25, 0.3) is 0 Å². The van der Waals surface area contributed by atoms with E-state index in [1.807, 2.05) is 42.6 Å². The Morgan fingerprint density at radius 1 is 0.975 bits per heavy atom. The van der Waals surface area contributed by atoms with Gasteiger partial charge in [-0.25, -0.2) is 0 Å². The van der Waals surface area contributed by atoms with E-state index < -0.39 is 10.8 Å². The minimum Gasteiger partial charge on any atom is -0.493 e. The number of non-ortho nitro benzene ring substituents is 1. The number of thiophene rings is 1. The number of hydrogen-bond donors (Lipinski definition) is 0. The molecule has 0 saturated heterocycles. The van der Waals surface area contributed by atoms with Crippen molar-refractivity contribution in [3.05, 3.63) is 86.1 Å². The van der Waals surface area contributed by atoms with E-state index in [0.717, 1.165) is 10.4 Å². The highest BCUT2D eigenvalue weighted by Crippen LogP contribution is 2.28. The highest BCUT2D eigenvalue weighted by Gasteiger charge is 2.24. The third-order valence-electron chi connectivity index (χ3n) is 6.24. The minimum atomic E-state index is -0.543. The molecule has 3 aromatic rings. The van der Waals surface area contributed by atoms with E-state index in [1.54, 1.807) is 30.5 Å². The van der Waals surface area contributed by atoms with Crippen LogP contribution in [0, 0.1) is 10.1 Å². The molecule has 0 bridgehead atoms. The van der Waals surface area contributed by atoms with Crippen LogP contribution in [0.1, 0.15) is 34.1 Å². The largest absolute Gasteiger partial charge is 0.493 e. The van der Waals surface area contributed by atoms with E-state index in [-0.39, 0.29) is 30.2 Å². The Morgan fingerprint density at radius 3 is 2.45 bits per heavy atom. The first-order chi connectivity index (χ1) is 19.4. The zero-order chi connectivity index (χ0) is 28.9. The second-order valence-corrected chi connectivity index (χ2v) is 9.95. The SMILES string of the molecule is CCOCCCN(CC(=O)N(CCc1ccc(OC)c(OC)c1)Cc1cccs1)C(=O)c1cccc([N+](=O)[O-])c1. The molecule has 2 amide bonds. The van der Waals surface area contributed by atoms with Crippen molar-refractivity contribution in [1.29, 1.82) is 0 Å². The maximum absolute atomic E-state index is 13.7. The van der Waals surface area contributed by atoms with Crippen molar-refractivity contribution < 1.29 is 28.7 Å². The number of carbonyl (C=O) groups excluding carboxylic acids is 2. The summed E-state index contributed by atoms with van der Waals surface area (Å²) in [5.74, 6) is 0.577. The fourth-order valence-corrected chi connectivity index (χ4v) is 4.85. The maximum atomic E-state index is 13.7. The lowest BCUT2D eigenvalue weighted by molar-refractivity contribution is -0.384. The summed E-state index contributed by atoms with van der Waals surface area (Å²) in [5.41, 5.74) is 0.956. The van der Waals surface area contributed by atoms with Gasteiger partial charge < -0.3 is 24.0 Å². The van der Waals surface area contributed by atoms with Gasteiger partial charge in [0.1, 0.15) is 6.54 Å². The van der Waals surface area contributed by atoms with Crippen LogP contribution in [0.5, 0.6) is 11.5 Å². The van der Waals surface area contributed by atoms with E-state index in [2.05, 4.69) is 0 Å². The lowest BCUT2D eigenvalue weighted by Crippen LogP contribution is -2.44. The highest BCUT2D eigenvalue weighted by molar-refractivity contribution is 7.09. The van der Waals surface area contributed by atoms with Gasteiger partial charge in [-0.1, -0.05) is 18.2 Å². The quantitative estimate of drug-likeness (QED) is 0.138. The van der Waals surface area contributed by atoms with E-state index in [0.29, 0.717) is 50.6 Å². The Hall–Kier alpha value is -3.96. The number of carbonyl (C=O) groups is 2. The molecule has 3 rings (SSSR count). The van der Waals surface area contributed by atoms with Crippen molar-refractivity contribution >= 4 is 28.8 Å². The average Bonchev–Trinajstić information content (AvgIpc) is 3.49. The zero-order valence-corrected chi connectivity index (χ0v) is 23.9. The summed E-state index contributed by atoms with van der Waals surface area (Å²) in [5, 5.41) is 13.2. The third kappa shape index (κ3) is 8.78. The van der Waals surface area contributed by atoms with Crippen LogP contribution < -0.4 is 9.47 Å². The number of benzene rings is 2. The Balaban J connectivity index is 1.80. The first-order valence-corrected chi connectivity index (χ1v) is 13.9. The van der Waals surface area contributed by atoms with Crippen LogP contribution in [0.15, 0.2) is 60.0 Å². The van der Waals surface area contributed by atoms with Crippen LogP contribution in [0.3, 0.4) is 0 Å². The average molecular weight is 570 g/mol. The molecule has 10 nitrogen and oxygen atoms in total. The predicted octanol–water partition coefficient (Wildman–Crippen LogP) is 4.81. The van der Waals surface area contributed by atoms with Gasteiger partial charge in [0.2, 0.25) is 5.91 Å². The van der Waals surface area contributed by atoms with Crippen LogP contribution in [-0.2, 0) is 22.5 Å². The van der Waals surface area contributed by atoms with E-state index >= 15 is 0 Å². The van der Waals surface area contributed by atoms with Crippen LogP contribution in [0.4, 0.5) is 5.69 Å². The van der Waals surface area contributed by atoms with Crippen molar-refractivity contribution in [1.82, 2.24) is 9.80 Å². The molecule has 1 heterocycles. The summed E-state index contributed by atoms with van der Waals surface area (Å²) >= 11 is 1.56. The molecule has 40 heavy (non-hydrogen) atoms. The van der Waals surface area contributed by atoms with Gasteiger partial charge in [-0.15, -0.1) is 11.3 Å². The molecule has 0 unspecified atom stereocenters. The first-order valence-electron chi connectivity index (χ1n) is 13.0. The summed E-state index contributed by atoms with van der Waals surface area (Å²) in [6.45, 7) is 3.80. The predicted molar refractivity (Wildman–Crippen MR) is 153 cm³/mol. The molecule has 0 atom stereocenters. The number of hydrogen-bond acceptors (Lipinski definition) is 8. The molecule has 1 aromatic heterocycles. The number of methoxy groups -OCH3 is 2. The molecular weight excluding hydrogens is 534 g/mol. The van der Waals surface area contributed by atoms with Gasteiger partial charge in [0, 0.05) is 48.9 Å². The number of nitrogens with zero attached hydrogens (tertiary/aromatic N) is 3. The molecule has 0 N–H and O–H groups in total. The Labute approximate surface area is 238 Å². The third-order valence-corrected chi connectivity index (χ3v) is 7.10. The molecule has 11 heteroatoms. The molecule has 0 fully saturated rings. The van der Waals surface area contributed by atoms with Crippen molar-refractivity contribution in [3.8, 4) is 11.5 Å². The molecule has 0 aliphatic heterocycles. The van der Waals surface area contributed by atoms with Gasteiger partial charge in [-0.3, -0.25) is 19.7 Å². The van der Waals surface area contributed by atoms with Gasteiger partial charge >= 0.3 is 0 Å². The van der Waals surface area contributed by atoms with Gasteiger partial charge in [-0.05, 0) is 55.0 Å². The summed E-state index contributed by atoms with van der Waals surface area (Å²) in [6.07, 6.45) is 1.10. The Morgan fingerprint density at radius 2 is 1.77 bits per heavy atom. The first kappa shape index (κ1) is 30.6. The lowest BCUT2D eigenvalue weighted by Gasteiger charge is -2.28. The second kappa shape index (κ2) is 15.6. The van der Waals surface area contributed by atoms with E-state index in [4.69, 9.17) is 14.2 Å². The lowest BCUT2D eigenvalue weighted by atomic mass is 10.1. The molecular formula is C29H35N3O7S. The fraction of sp³-hybridized carbons (Fsp3) is 0.379. The van der Waals surface area contributed by atoms with Crippen LogP contribution >= 0.6 is 11.3 Å². The van der Waals surface area contributed by atoms with E-state index in [9.17, 15) is 19.7 Å². The summed E-state index contributed by atoms with van der Waals surface area (Å²) in [6, 6.07) is 15.1. The number of rotatable bonds is 16. The molecule has 0 saturated carbocycles. The molecule has 214 valence electrons. The molecule has 0 aliphatic rings. The topological polar surface area (TPSA) is 111 Å². The number of nitro benzene ring substituents is 1. The van der Waals surface area contributed by atoms with Gasteiger partial charge in [0.05, 0.1) is 25.7 Å². The normalized spacial score (nSPS) is 10.7. The zero-order valence-electron chi connectivity index (χ0n) is 23.0. The Kier molecular flexibility index (Phi) is 11.9. The van der Waals surface area contributed by atoms with Crippen LogP contribution in [0.2, 0.25) is 0 Å². The number of amides is 2. The standard InChI is InChI=1S/C29H35N3O7S/c1-4-39-16-7-14-31(29(34)23-8-5-9-24(19-23)32(35)36)21-28(33)30(20-25-10-6-17-40-25)15-13-22-11-12-26(37-2)27(18-22)38-3/h5-6,8-12,17-19H,4,7,13-16,20-21H2,1-3H3. The molecule has 2 aromatic carbocycles. The van der Waals surface area contributed by atoms with Gasteiger partial charge in [0.15, 0.2) is 11.5 Å². The maximum Gasteiger partial charge on any atom is 0.270 e. The van der Waals surface area contributed by atoms with Crippen molar-refractivity contribution in [2.75, 3.05) is 47.1 Å². The molecule has 0 spiro atoms. The summed E-state index contributed by atoms with van der Waals surface area (Å²) < 4.78 is 16.2. The second-order valence-electron chi connectivity index (χ2n) is 8.92. The Bertz CT molecular complexity index is 1270. The number of ether oxygens (including phenoxy) is 3.